The third kappa shape index (κ3) is 2.82. The normalized spacial score (nSPS) is 25.6. The molecule has 1 saturated heterocycles. The minimum absolute atomic E-state index is 0.561. The fraction of sp³-hybridized carbons (Fsp3) is 0.400. The zero-order chi connectivity index (χ0) is 14.8. The molecule has 0 amide bonds. The van der Waals surface area contributed by atoms with E-state index in [9.17, 15) is 0 Å². The average Bonchev–Trinajstić information content (AvgIpc) is 2.62. The van der Waals surface area contributed by atoms with Crippen LogP contribution < -0.4 is 0 Å². The molecule has 2 aromatic carbocycles. The van der Waals surface area contributed by atoms with E-state index in [1.165, 1.54) is 43.0 Å². The van der Waals surface area contributed by atoms with Gasteiger partial charge < -0.3 is 0 Å². The molecule has 1 fully saturated rings. The Bertz CT molecular complexity index is 619. The van der Waals surface area contributed by atoms with Crippen LogP contribution in [0.15, 0.2) is 54.6 Å². The molecule has 2 aromatic rings. The van der Waals surface area contributed by atoms with Gasteiger partial charge in [-0.3, -0.25) is 4.90 Å². The van der Waals surface area contributed by atoms with Gasteiger partial charge in [0.15, 0.2) is 0 Å². The molecule has 0 bridgehead atoms. The SMILES string of the molecule is c1ccc(C2CC(N3CCSCC3)Cc3ccccc32)cc1. The summed E-state index contributed by atoms with van der Waals surface area (Å²) in [6, 6.07) is 20.9. The fourth-order valence-corrected chi connectivity index (χ4v) is 4.95. The van der Waals surface area contributed by atoms with Crippen LogP contribution in [0.25, 0.3) is 0 Å². The van der Waals surface area contributed by atoms with Gasteiger partial charge in [0, 0.05) is 36.6 Å². The molecule has 2 heteroatoms. The molecule has 0 aromatic heterocycles. The summed E-state index contributed by atoms with van der Waals surface area (Å²) in [6.07, 6.45) is 2.50. The molecule has 2 unspecified atom stereocenters. The van der Waals surface area contributed by atoms with Crippen molar-refractivity contribution in [2.75, 3.05) is 24.6 Å². The number of hydrogen-bond acceptors (Lipinski definition) is 2. The summed E-state index contributed by atoms with van der Waals surface area (Å²) in [6.45, 7) is 2.53. The van der Waals surface area contributed by atoms with Gasteiger partial charge in [-0.05, 0) is 29.5 Å². The lowest BCUT2D eigenvalue weighted by Crippen LogP contribution is -2.44. The molecule has 1 aliphatic heterocycles. The Kier molecular flexibility index (Phi) is 4.22. The predicted molar refractivity (Wildman–Crippen MR) is 95.7 cm³/mol. The third-order valence-corrected chi connectivity index (χ3v) is 6.10. The second-order valence-electron chi connectivity index (χ2n) is 6.40. The predicted octanol–water partition coefficient (Wildman–Crippen LogP) is 4.18. The van der Waals surface area contributed by atoms with Gasteiger partial charge in [0.25, 0.3) is 0 Å². The van der Waals surface area contributed by atoms with Crippen molar-refractivity contribution in [2.45, 2.75) is 24.8 Å². The molecule has 1 aliphatic carbocycles. The lowest BCUT2D eigenvalue weighted by molar-refractivity contribution is 0.192. The van der Waals surface area contributed by atoms with Crippen molar-refractivity contribution in [1.29, 1.82) is 0 Å². The van der Waals surface area contributed by atoms with Crippen molar-refractivity contribution in [3.8, 4) is 0 Å². The molecule has 0 N–H and O–H groups in total. The van der Waals surface area contributed by atoms with Gasteiger partial charge >= 0.3 is 0 Å². The highest BCUT2D eigenvalue weighted by Crippen LogP contribution is 2.38. The quantitative estimate of drug-likeness (QED) is 0.818. The molecular weight excluding hydrogens is 286 g/mol. The Balaban J connectivity index is 1.67. The minimum Gasteiger partial charge on any atom is -0.298 e. The standard InChI is InChI=1S/C20H23NS/c1-2-6-16(7-3-1)20-15-18(21-10-12-22-13-11-21)14-17-8-4-5-9-19(17)20/h1-9,18,20H,10-15H2. The molecule has 114 valence electrons. The van der Waals surface area contributed by atoms with Crippen LogP contribution in [0.2, 0.25) is 0 Å². The number of hydrogen-bond donors (Lipinski definition) is 0. The lowest BCUT2D eigenvalue weighted by Gasteiger charge is -2.40. The molecule has 2 atom stereocenters. The van der Waals surface area contributed by atoms with Gasteiger partial charge in [0.1, 0.15) is 0 Å². The summed E-state index contributed by atoms with van der Waals surface area (Å²) in [5.74, 6) is 3.16. The van der Waals surface area contributed by atoms with Crippen LogP contribution in [0.3, 0.4) is 0 Å². The first-order chi connectivity index (χ1) is 10.9. The van der Waals surface area contributed by atoms with E-state index in [1.54, 1.807) is 11.1 Å². The topological polar surface area (TPSA) is 3.24 Å². The Labute approximate surface area is 137 Å². The van der Waals surface area contributed by atoms with Crippen LogP contribution in [-0.4, -0.2) is 35.5 Å². The molecule has 0 radical (unpaired) electrons. The van der Waals surface area contributed by atoms with Gasteiger partial charge in [-0.25, -0.2) is 0 Å². The van der Waals surface area contributed by atoms with E-state index in [-0.39, 0.29) is 0 Å². The van der Waals surface area contributed by atoms with E-state index >= 15 is 0 Å². The summed E-state index contributed by atoms with van der Waals surface area (Å²) >= 11 is 2.10. The molecular formula is C20H23NS. The molecule has 0 saturated carbocycles. The first kappa shape index (κ1) is 14.3. The fourth-order valence-electron chi connectivity index (χ4n) is 4.02. The number of nitrogens with zero attached hydrogens (tertiary/aromatic N) is 1. The summed E-state index contributed by atoms with van der Waals surface area (Å²) in [4.78, 5) is 2.74. The van der Waals surface area contributed by atoms with E-state index in [4.69, 9.17) is 0 Å². The molecule has 0 spiro atoms. The van der Waals surface area contributed by atoms with Crippen molar-refractivity contribution in [1.82, 2.24) is 4.90 Å². The highest BCUT2D eigenvalue weighted by Gasteiger charge is 2.31. The molecule has 1 heterocycles. The summed E-state index contributed by atoms with van der Waals surface area (Å²) in [5.41, 5.74) is 4.59. The summed E-state index contributed by atoms with van der Waals surface area (Å²) in [5, 5.41) is 0. The number of thioether (sulfide) groups is 1. The smallest absolute Gasteiger partial charge is 0.0145 e. The molecule has 1 nitrogen and oxygen atoms in total. The third-order valence-electron chi connectivity index (χ3n) is 5.16. The van der Waals surface area contributed by atoms with Crippen LogP contribution >= 0.6 is 11.8 Å². The highest BCUT2D eigenvalue weighted by atomic mass is 32.2. The molecule has 4 rings (SSSR count). The zero-order valence-electron chi connectivity index (χ0n) is 12.9. The number of fused-ring (bicyclic) bond motifs is 1. The van der Waals surface area contributed by atoms with E-state index in [0.29, 0.717) is 12.0 Å². The van der Waals surface area contributed by atoms with Crippen LogP contribution in [0.5, 0.6) is 0 Å². The van der Waals surface area contributed by atoms with Crippen LogP contribution in [0, 0.1) is 0 Å². The van der Waals surface area contributed by atoms with Gasteiger partial charge in [0.2, 0.25) is 0 Å². The maximum absolute atomic E-state index is 2.74. The second kappa shape index (κ2) is 6.47. The van der Waals surface area contributed by atoms with Crippen molar-refractivity contribution in [2.24, 2.45) is 0 Å². The Morgan fingerprint density at radius 3 is 2.41 bits per heavy atom. The van der Waals surface area contributed by atoms with Crippen molar-refractivity contribution in [3.63, 3.8) is 0 Å². The Morgan fingerprint density at radius 2 is 1.59 bits per heavy atom. The van der Waals surface area contributed by atoms with Crippen LogP contribution in [0.4, 0.5) is 0 Å². The van der Waals surface area contributed by atoms with Crippen LogP contribution in [0.1, 0.15) is 29.0 Å². The van der Waals surface area contributed by atoms with Crippen LogP contribution in [-0.2, 0) is 6.42 Å². The first-order valence-corrected chi connectivity index (χ1v) is 9.52. The van der Waals surface area contributed by atoms with Gasteiger partial charge in [0.05, 0.1) is 0 Å². The van der Waals surface area contributed by atoms with Crippen molar-refractivity contribution in [3.05, 3.63) is 71.3 Å². The maximum atomic E-state index is 2.74. The largest absolute Gasteiger partial charge is 0.298 e. The summed E-state index contributed by atoms with van der Waals surface area (Å²) < 4.78 is 0. The first-order valence-electron chi connectivity index (χ1n) is 8.36. The monoisotopic (exact) mass is 309 g/mol. The maximum Gasteiger partial charge on any atom is 0.0145 e. The van der Waals surface area contributed by atoms with Crippen molar-refractivity contribution < 1.29 is 0 Å². The lowest BCUT2D eigenvalue weighted by atomic mass is 9.76. The van der Waals surface area contributed by atoms with E-state index in [0.717, 1.165) is 0 Å². The van der Waals surface area contributed by atoms with E-state index in [1.807, 2.05) is 0 Å². The van der Waals surface area contributed by atoms with Crippen molar-refractivity contribution >= 4 is 11.8 Å². The highest BCUT2D eigenvalue weighted by molar-refractivity contribution is 7.99. The Morgan fingerprint density at radius 1 is 0.864 bits per heavy atom. The minimum atomic E-state index is 0.561. The molecule has 22 heavy (non-hydrogen) atoms. The van der Waals surface area contributed by atoms with Gasteiger partial charge in [-0.2, -0.15) is 11.8 Å². The zero-order valence-corrected chi connectivity index (χ0v) is 13.8. The van der Waals surface area contributed by atoms with Gasteiger partial charge in [-0.1, -0.05) is 54.6 Å². The van der Waals surface area contributed by atoms with E-state index in [2.05, 4.69) is 71.3 Å². The molecule has 2 aliphatic rings. The number of benzene rings is 2. The Hall–Kier alpha value is -1.25. The number of rotatable bonds is 2. The van der Waals surface area contributed by atoms with Gasteiger partial charge in [-0.15, -0.1) is 0 Å². The average molecular weight is 309 g/mol. The van der Waals surface area contributed by atoms with E-state index < -0.39 is 0 Å². The second-order valence-corrected chi connectivity index (χ2v) is 7.63. The summed E-state index contributed by atoms with van der Waals surface area (Å²) in [7, 11) is 0.